The highest BCUT2D eigenvalue weighted by Gasteiger charge is 2.26. The van der Waals surface area contributed by atoms with Crippen molar-refractivity contribution in [2.45, 2.75) is 52.4 Å². The van der Waals surface area contributed by atoms with Gasteiger partial charge < -0.3 is 0 Å². The molecule has 0 unspecified atom stereocenters. The standard InChI is InChI=1S/C33H33N3/c1-32(2,3)25-19-20-26(33(4,5)6)31-30(25)35-28(23-12-8-7-9-13-23)29(36-31)24-17-15-22(16-18-24)27-14-10-11-21-34-27/h7-21H,1-6H3. The minimum absolute atomic E-state index is 0.0524. The van der Waals surface area contributed by atoms with Crippen LogP contribution in [0, 0.1) is 0 Å². The number of aromatic nitrogens is 3. The van der Waals surface area contributed by atoms with E-state index in [-0.39, 0.29) is 10.8 Å². The van der Waals surface area contributed by atoms with Crippen molar-refractivity contribution in [2.24, 2.45) is 0 Å². The van der Waals surface area contributed by atoms with E-state index in [9.17, 15) is 0 Å². The van der Waals surface area contributed by atoms with Crippen molar-refractivity contribution in [3.8, 4) is 33.8 Å². The Hall–Kier alpha value is -3.85. The van der Waals surface area contributed by atoms with E-state index in [2.05, 4.69) is 107 Å². The van der Waals surface area contributed by atoms with Crippen LogP contribution in [0.15, 0.2) is 91.1 Å². The van der Waals surface area contributed by atoms with Crippen molar-refractivity contribution >= 4 is 11.0 Å². The van der Waals surface area contributed by atoms with E-state index in [0.717, 1.165) is 44.8 Å². The summed E-state index contributed by atoms with van der Waals surface area (Å²) in [6.45, 7) is 13.5. The summed E-state index contributed by atoms with van der Waals surface area (Å²) in [7, 11) is 0. The third kappa shape index (κ3) is 4.54. The molecule has 2 aromatic heterocycles. The zero-order valence-corrected chi connectivity index (χ0v) is 22.0. The summed E-state index contributed by atoms with van der Waals surface area (Å²) in [5.41, 5.74) is 10.3. The first-order valence-electron chi connectivity index (χ1n) is 12.6. The van der Waals surface area contributed by atoms with E-state index in [1.165, 1.54) is 11.1 Å². The van der Waals surface area contributed by atoms with Gasteiger partial charge in [0.2, 0.25) is 0 Å². The van der Waals surface area contributed by atoms with Crippen LogP contribution in [0.3, 0.4) is 0 Å². The van der Waals surface area contributed by atoms with Crippen LogP contribution in [0.25, 0.3) is 44.8 Å². The summed E-state index contributed by atoms with van der Waals surface area (Å²) in [5, 5.41) is 0. The Bertz CT molecular complexity index is 1510. The summed E-state index contributed by atoms with van der Waals surface area (Å²) in [4.78, 5) is 15.3. The monoisotopic (exact) mass is 471 g/mol. The highest BCUT2D eigenvalue weighted by molar-refractivity contribution is 5.90. The molecule has 3 heteroatoms. The van der Waals surface area contributed by atoms with E-state index >= 15 is 0 Å². The predicted octanol–water partition coefficient (Wildman–Crippen LogP) is 8.62. The van der Waals surface area contributed by atoms with Gasteiger partial charge in [-0.3, -0.25) is 4.98 Å². The Morgan fingerprint density at radius 2 is 0.944 bits per heavy atom. The molecular formula is C33H33N3. The van der Waals surface area contributed by atoms with Crippen LogP contribution >= 0.6 is 0 Å². The van der Waals surface area contributed by atoms with Gasteiger partial charge in [-0.2, -0.15) is 0 Å². The molecule has 0 fully saturated rings. The molecule has 36 heavy (non-hydrogen) atoms. The molecule has 0 radical (unpaired) electrons. The number of pyridine rings is 1. The number of nitrogens with zero attached hydrogens (tertiary/aromatic N) is 3. The predicted molar refractivity (Wildman–Crippen MR) is 151 cm³/mol. The molecule has 0 aliphatic rings. The van der Waals surface area contributed by atoms with Crippen LogP contribution in [0.1, 0.15) is 52.7 Å². The Kier molecular flexibility index (Phi) is 5.96. The molecule has 3 nitrogen and oxygen atoms in total. The quantitative estimate of drug-likeness (QED) is 0.264. The average molecular weight is 472 g/mol. The van der Waals surface area contributed by atoms with Gasteiger partial charge in [-0.25, -0.2) is 9.97 Å². The first kappa shape index (κ1) is 23.9. The second-order valence-electron chi connectivity index (χ2n) is 11.4. The molecule has 3 aromatic carbocycles. The maximum absolute atomic E-state index is 5.39. The highest BCUT2D eigenvalue weighted by atomic mass is 14.8. The molecule has 0 saturated heterocycles. The van der Waals surface area contributed by atoms with Crippen LogP contribution in [0.5, 0.6) is 0 Å². The normalized spacial score (nSPS) is 12.2. The van der Waals surface area contributed by atoms with Gasteiger partial charge in [0.1, 0.15) is 0 Å². The number of hydrogen-bond donors (Lipinski definition) is 0. The zero-order chi connectivity index (χ0) is 25.5. The lowest BCUT2D eigenvalue weighted by atomic mass is 9.80. The molecule has 0 N–H and O–H groups in total. The van der Waals surface area contributed by atoms with Crippen LogP contribution in [0.2, 0.25) is 0 Å². The minimum atomic E-state index is -0.0578. The Labute approximate surface area is 214 Å². The third-order valence-electron chi connectivity index (χ3n) is 6.60. The smallest absolute Gasteiger partial charge is 0.0973 e. The molecule has 2 heterocycles. The summed E-state index contributed by atoms with van der Waals surface area (Å²) in [5.74, 6) is 0. The molecule has 5 aromatic rings. The first-order valence-corrected chi connectivity index (χ1v) is 12.6. The van der Waals surface area contributed by atoms with Crippen LogP contribution in [-0.2, 0) is 10.8 Å². The molecule has 0 bridgehead atoms. The van der Waals surface area contributed by atoms with Gasteiger partial charge in [-0.05, 0) is 34.1 Å². The van der Waals surface area contributed by atoms with Gasteiger partial charge >= 0.3 is 0 Å². The topological polar surface area (TPSA) is 38.7 Å². The summed E-state index contributed by atoms with van der Waals surface area (Å²) in [6, 6.07) is 29.4. The average Bonchev–Trinajstić information content (AvgIpc) is 2.87. The van der Waals surface area contributed by atoms with Crippen LogP contribution < -0.4 is 0 Å². The Morgan fingerprint density at radius 1 is 0.472 bits per heavy atom. The van der Waals surface area contributed by atoms with Crippen LogP contribution in [-0.4, -0.2) is 15.0 Å². The van der Waals surface area contributed by atoms with Gasteiger partial charge in [0.05, 0.1) is 28.1 Å². The van der Waals surface area contributed by atoms with Crippen molar-refractivity contribution in [3.05, 3.63) is 102 Å². The number of rotatable bonds is 3. The van der Waals surface area contributed by atoms with Crippen LogP contribution in [0.4, 0.5) is 0 Å². The summed E-state index contributed by atoms with van der Waals surface area (Å²) < 4.78 is 0. The fraction of sp³-hybridized carbons (Fsp3) is 0.242. The summed E-state index contributed by atoms with van der Waals surface area (Å²) in [6.07, 6.45) is 1.83. The molecule has 0 amide bonds. The highest BCUT2D eigenvalue weighted by Crippen LogP contribution is 2.39. The van der Waals surface area contributed by atoms with E-state index < -0.39 is 0 Å². The lowest BCUT2D eigenvalue weighted by Gasteiger charge is -2.26. The lowest BCUT2D eigenvalue weighted by molar-refractivity contribution is 0.583. The van der Waals surface area contributed by atoms with Crippen molar-refractivity contribution in [1.29, 1.82) is 0 Å². The third-order valence-corrected chi connectivity index (χ3v) is 6.60. The lowest BCUT2D eigenvalue weighted by Crippen LogP contribution is -2.17. The molecule has 0 spiro atoms. The molecular weight excluding hydrogens is 438 g/mol. The second-order valence-corrected chi connectivity index (χ2v) is 11.4. The van der Waals surface area contributed by atoms with Gasteiger partial charge in [0.15, 0.2) is 0 Å². The van der Waals surface area contributed by atoms with E-state index in [0.29, 0.717) is 0 Å². The fourth-order valence-electron chi connectivity index (χ4n) is 4.68. The molecule has 0 aliphatic heterocycles. The zero-order valence-electron chi connectivity index (χ0n) is 22.0. The molecule has 0 aliphatic carbocycles. The SMILES string of the molecule is CC(C)(C)c1ccc(C(C)(C)C)c2nc(-c3ccc(-c4ccccn4)cc3)c(-c3ccccc3)nc12. The Morgan fingerprint density at radius 3 is 1.42 bits per heavy atom. The van der Waals surface area contributed by atoms with E-state index in [1.807, 2.05) is 30.5 Å². The number of benzene rings is 3. The minimum Gasteiger partial charge on any atom is -0.256 e. The van der Waals surface area contributed by atoms with Crippen molar-refractivity contribution in [1.82, 2.24) is 15.0 Å². The van der Waals surface area contributed by atoms with Gasteiger partial charge in [-0.1, -0.05) is 114 Å². The van der Waals surface area contributed by atoms with Crippen molar-refractivity contribution < 1.29 is 0 Å². The van der Waals surface area contributed by atoms with Crippen molar-refractivity contribution in [2.75, 3.05) is 0 Å². The Balaban J connectivity index is 1.80. The van der Waals surface area contributed by atoms with Crippen molar-refractivity contribution in [3.63, 3.8) is 0 Å². The van der Waals surface area contributed by atoms with Gasteiger partial charge in [0, 0.05) is 22.9 Å². The first-order chi connectivity index (χ1) is 17.1. The van der Waals surface area contributed by atoms with Gasteiger partial charge in [-0.15, -0.1) is 0 Å². The largest absolute Gasteiger partial charge is 0.256 e. The maximum Gasteiger partial charge on any atom is 0.0973 e. The molecule has 180 valence electrons. The number of hydrogen-bond acceptors (Lipinski definition) is 3. The molecule has 5 rings (SSSR count). The van der Waals surface area contributed by atoms with E-state index in [4.69, 9.17) is 9.97 Å². The van der Waals surface area contributed by atoms with Gasteiger partial charge in [0.25, 0.3) is 0 Å². The van der Waals surface area contributed by atoms with E-state index in [1.54, 1.807) is 0 Å². The fourth-order valence-corrected chi connectivity index (χ4v) is 4.68. The number of fused-ring (bicyclic) bond motifs is 1. The maximum atomic E-state index is 5.39. The summed E-state index contributed by atoms with van der Waals surface area (Å²) >= 11 is 0. The second kappa shape index (κ2) is 8.98. The molecule has 0 saturated carbocycles. The molecule has 0 atom stereocenters.